The third kappa shape index (κ3) is 1.65. The van der Waals surface area contributed by atoms with Crippen molar-refractivity contribution in [2.45, 2.75) is 0 Å². The smallest absolute Gasteiger partial charge is 0.178 e. The minimum absolute atomic E-state index is 0.222. The Morgan fingerprint density at radius 1 is 1.29 bits per heavy atom. The number of phenolic OH excluding ortho intramolecular Hbond substituents is 1. The summed E-state index contributed by atoms with van der Waals surface area (Å²) in [5.74, 6) is 0.222. The summed E-state index contributed by atoms with van der Waals surface area (Å²) in [6.45, 7) is 0. The number of thiazole rings is 1. The third-order valence-electron chi connectivity index (χ3n) is 1.79. The van der Waals surface area contributed by atoms with Crippen LogP contribution in [0.2, 0.25) is 0 Å². The number of nitrogens with zero attached hydrogens (tertiary/aromatic N) is 1. The second-order valence-corrected chi connectivity index (χ2v) is 3.63. The van der Waals surface area contributed by atoms with Crippen molar-refractivity contribution in [2.24, 2.45) is 0 Å². The van der Waals surface area contributed by atoms with Gasteiger partial charge in [-0.05, 0) is 24.3 Å². The Bertz CT molecular complexity index is 447. The second-order valence-electron chi connectivity index (χ2n) is 2.74. The molecule has 0 unspecified atom stereocenters. The van der Waals surface area contributed by atoms with Crippen LogP contribution in [0.25, 0.3) is 11.3 Å². The maximum absolute atomic E-state index is 10.4. The molecule has 1 aromatic heterocycles. The van der Waals surface area contributed by atoms with Gasteiger partial charge in [0.25, 0.3) is 0 Å². The van der Waals surface area contributed by atoms with Crippen molar-refractivity contribution in [1.82, 2.24) is 4.98 Å². The van der Waals surface area contributed by atoms with Gasteiger partial charge in [0, 0.05) is 10.9 Å². The molecule has 1 aromatic carbocycles. The summed E-state index contributed by atoms with van der Waals surface area (Å²) in [5, 5.41) is 11.4. The van der Waals surface area contributed by atoms with Gasteiger partial charge in [-0.25, -0.2) is 4.98 Å². The lowest BCUT2D eigenvalue weighted by molar-refractivity contribution is 0.112. The zero-order valence-corrected chi connectivity index (χ0v) is 7.99. The first kappa shape index (κ1) is 8.90. The van der Waals surface area contributed by atoms with E-state index in [4.69, 9.17) is 5.11 Å². The lowest BCUT2D eigenvalue weighted by Crippen LogP contribution is -1.79. The molecule has 14 heavy (non-hydrogen) atoms. The van der Waals surface area contributed by atoms with Crippen LogP contribution < -0.4 is 0 Å². The Labute approximate surface area is 84.7 Å². The number of aromatic hydroxyl groups is 1. The molecular formula is C10H7NO2S. The molecule has 0 fully saturated rings. The molecule has 70 valence electrons. The Morgan fingerprint density at radius 2 is 2.00 bits per heavy atom. The van der Waals surface area contributed by atoms with Crippen LogP contribution in [0.1, 0.15) is 9.80 Å². The quantitative estimate of drug-likeness (QED) is 0.765. The monoisotopic (exact) mass is 205 g/mol. The predicted octanol–water partition coefficient (Wildman–Crippen LogP) is 2.33. The van der Waals surface area contributed by atoms with Crippen LogP contribution in [-0.4, -0.2) is 16.4 Å². The fraction of sp³-hybridized carbons (Fsp3) is 0. The molecule has 2 aromatic rings. The van der Waals surface area contributed by atoms with Crippen molar-refractivity contribution in [3.63, 3.8) is 0 Å². The molecule has 0 aliphatic rings. The van der Waals surface area contributed by atoms with E-state index in [1.807, 2.05) is 5.38 Å². The molecule has 3 nitrogen and oxygen atoms in total. The van der Waals surface area contributed by atoms with Crippen LogP contribution in [0.15, 0.2) is 29.6 Å². The zero-order chi connectivity index (χ0) is 9.97. The number of aldehydes is 1. The van der Waals surface area contributed by atoms with Gasteiger partial charge in [0.1, 0.15) is 5.75 Å². The Hall–Kier alpha value is -1.68. The van der Waals surface area contributed by atoms with Crippen molar-refractivity contribution < 1.29 is 9.90 Å². The maximum atomic E-state index is 10.4. The van der Waals surface area contributed by atoms with Crippen LogP contribution in [0, 0.1) is 0 Å². The summed E-state index contributed by atoms with van der Waals surface area (Å²) >= 11 is 1.31. The van der Waals surface area contributed by atoms with Crippen LogP contribution in [0.4, 0.5) is 0 Å². The number of hydrogen-bond acceptors (Lipinski definition) is 4. The van der Waals surface area contributed by atoms with E-state index in [-0.39, 0.29) is 5.75 Å². The van der Waals surface area contributed by atoms with Gasteiger partial charge in [0.2, 0.25) is 0 Å². The Morgan fingerprint density at radius 3 is 2.57 bits per heavy atom. The first-order valence-electron chi connectivity index (χ1n) is 4.00. The topological polar surface area (TPSA) is 50.2 Å². The number of aromatic nitrogens is 1. The van der Waals surface area contributed by atoms with Crippen molar-refractivity contribution >= 4 is 17.6 Å². The Kier molecular flexibility index (Phi) is 2.28. The van der Waals surface area contributed by atoms with E-state index in [1.165, 1.54) is 11.3 Å². The van der Waals surface area contributed by atoms with Gasteiger partial charge in [0.15, 0.2) is 11.3 Å². The second kappa shape index (κ2) is 3.59. The van der Waals surface area contributed by atoms with Gasteiger partial charge < -0.3 is 5.11 Å². The Balaban J connectivity index is 2.39. The van der Waals surface area contributed by atoms with Gasteiger partial charge in [-0.1, -0.05) is 0 Å². The molecule has 0 saturated carbocycles. The normalized spacial score (nSPS) is 10.0. The summed E-state index contributed by atoms with van der Waals surface area (Å²) in [6, 6.07) is 6.71. The van der Waals surface area contributed by atoms with Crippen LogP contribution in [0.5, 0.6) is 5.75 Å². The molecule has 1 heterocycles. The molecule has 0 amide bonds. The molecule has 0 radical (unpaired) electrons. The van der Waals surface area contributed by atoms with Gasteiger partial charge in [-0.3, -0.25) is 4.79 Å². The van der Waals surface area contributed by atoms with Gasteiger partial charge in [-0.15, -0.1) is 11.3 Å². The molecular weight excluding hydrogens is 198 g/mol. The van der Waals surface area contributed by atoms with E-state index in [1.54, 1.807) is 24.3 Å². The molecule has 0 atom stereocenters. The molecule has 0 aliphatic carbocycles. The van der Waals surface area contributed by atoms with Crippen LogP contribution in [0.3, 0.4) is 0 Å². The number of carbonyl (C=O) groups excluding carboxylic acids is 1. The molecule has 0 bridgehead atoms. The molecule has 1 N–H and O–H groups in total. The van der Waals surface area contributed by atoms with E-state index in [0.717, 1.165) is 17.5 Å². The first-order valence-corrected chi connectivity index (χ1v) is 4.87. The van der Waals surface area contributed by atoms with Crippen molar-refractivity contribution in [3.8, 4) is 17.0 Å². The summed E-state index contributed by atoms with van der Waals surface area (Å²) in [6.07, 6.45) is 0.731. The lowest BCUT2D eigenvalue weighted by atomic mass is 10.2. The average Bonchev–Trinajstić information content (AvgIpc) is 2.67. The highest BCUT2D eigenvalue weighted by Crippen LogP contribution is 2.22. The number of rotatable bonds is 2. The maximum Gasteiger partial charge on any atom is 0.178 e. The van der Waals surface area contributed by atoms with E-state index >= 15 is 0 Å². The lowest BCUT2D eigenvalue weighted by Gasteiger charge is -1.95. The summed E-state index contributed by atoms with van der Waals surface area (Å²) in [5.41, 5.74) is 1.66. The number of hydrogen-bond donors (Lipinski definition) is 1. The van der Waals surface area contributed by atoms with E-state index in [0.29, 0.717) is 5.01 Å². The van der Waals surface area contributed by atoms with Crippen molar-refractivity contribution in [1.29, 1.82) is 0 Å². The van der Waals surface area contributed by atoms with Crippen LogP contribution in [-0.2, 0) is 0 Å². The summed E-state index contributed by atoms with van der Waals surface area (Å²) in [7, 11) is 0. The van der Waals surface area contributed by atoms with Crippen molar-refractivity contribution in [2.75, 3.05) is 0 Å². The highest BCUT2D eigenvalue weighted by Gasteiger charge is 2.02. The van der Waals surface area contributed by atoms with Gasteiger partial charge in [0.05, 0.1) is 5.69 Å². The SMILES string of the molecule is O=Cc1nc(-c2ccc(O)cc2)cs1. The predicted molar refractivity (Wildman–Crippen MR) is 54.6 cm³/mol. The van der Waals surface area contributed by atoms with Crippen molar-refractivity contribution in [3.05, 3.63) is 34.7 Å². The zero-order valence-electron chi connectivity index (χ0n) is 7.18. The highest BCUT2D eigenvalue weighted by atomic mass is 32.1. The van der Waals surface area contributed by atoms with E-state index in [2.05, 4.69) is 4.98 Å². The van der Waals surface area contributed by atoms with Gasteiger partial charge in [-0.2, -0.15) is 0 Å². The minimum atomic E-state index is 0.222. The average molecular weight is 205 g/mol. The fourth-order valence-corrected chi connectivity index (χ4v) is 1.73. The minimum Gasteiger partial charge on any atom is -0.508 e. The number of benzene rings is 1. The number of carbonyl (C=O) groups is 1. The fourth-order valence-electron chi connectivity index (χ4n) is 1.11. The number of phenols is 1. The largest absolute Gasteiger partial charge is 0.508 e. The molecule has 0 aliphatic heterocycles. The van der Waals surface area contributed by atoms with Gasteiger partial charge >= 0.3 is 0 Å². The highest BCUT2D eigenvalue weighted by molar-refractivity contribution is 7.11. The van der Waals surface area contributed by atoms with E-state index < -0.39 is 0 Å². The molecule has 0 saturated heterocycles. The molecule has 4 heteroatoms. The van der Waals surface area contributed by atoms with Crippen LogP contribution >= 0.6 is 11.3 Å². The molecule has 2 rings (SSSR count). The standard InChI is InChI=1S/C10H7NO2S/c12-5-10-11-9(6-14-10)7-1-3-8(13)4-2-7/h1-6,13H. The molecule has 0 spiro atoms. The summed E-state index contributed by atoms with van der Waals surface area (Å²) < 4.78 is 0. The van der Waals surface area contributed by atoms with E-state index in [9.17, 15) is 4.79 Å². The third-order valence-corrected chi connectivity index (χ3v) is 2.56. The summed E-state index contributed by atoms with van der Waals surface area (Å²) in [4.78, 5) is 14.5. The first-order chi connectivity index (χ1) is 6.79.